The zero-order valence-electron chi connectivity index (χ0n) is 12.8. The molecule has 2 rings (SSSR count). The lowest BCUT2D eigenvalue weighted by atomic mass is 10.3. The number of hydrogen-bond acceptors (Lipinski definition) is 4. The van der Waals surface area contributed by atoms with Crippen molar-refractivity contribution in [1.82, 2.24) is 9.21 Å². The molecule has 0 unspecified atom stereocenters. The van der Waals surface area contributed by atoms with E-state index in [1.165, 1.54) is 4.31 Å². The van der Waals surface area contributed by atoms with E-state index in [9.17, 15) is 13.2 Å². The highest BCUT2D eigenvalue weighted by Gasteiger charge is 2.26. The third-order valence-corrected chi connectivity index (χ3v) is 5.59. The van der Waals surface area contributed by atoms with Crippen molar-refractivity contribution >= 4 is 16.1 Å². The van der Waals surface area contributed by atoms with Crippen LogP contribution in [0.4, 0.5) is 4.79 Å². The zero-order valence-corrected chi connectivity index (χ0v) is 13.6. The van der Waals surface area contributed by atoms with E-state index in [4.69, 9.17) is 4.74 Å². The molecule has 0 bridgehead atoms. The lowest BCUT2D eigenvalue weighted by molar-refractivity contribution is 0.154. The molecule has 1 aliphatic rings. The van der Waals surface area contributed by atoms with E-state index in [-0.39, 0.29) is 5.75 Å². The van der Waals surface area contributed by atoms with Crippen LogP contribution in [0.3, 0.4) is 0 Å². The van der Waals surface area contributed by atoms with Crippen molar-refractivity contribution in [2.75, 3.05) is 31.9 Å². The van der Waals surface area contributed by atoms with E-state index in [1.54, 1.807) is 29.2 Å². The lowest BCUT2D eigenvalue weighted by Crippen LogP contribution is -2.39. The quantitative estimate of drug-likeness (QED) is 0.848. The monoisotopic (exact) mass is 326 g/mol. The molecular formula is C15H22N2O4S. The van der Waals surface area contributed by atoms with Crippen molar-refractivity contribution in [3.63, 3.8) is 0 Å². The summed E-state index contributed by atoms with van der Waals surface area (Å²) in [7, 11) is -3.21. The molecule has 1 saturated heterocycles. The molecule has 0 aromatic heterocycles. The second-order valence-corrected chi connectivity index (χ2v) is 7.33. The first kappa shape index (κ1) is 16.8. The largest absolute Gasteiger partial charge is 0.415 e. The molecule has 6 nitrogen and oxygen atoms in total. The Bertz CT molecular complexity index is 589. The van der Waals surface area contributed by atoms with Gasteiger partial charge in [-0.05, 0) is 25.0 Å². The average Bonchev–Trinajstić information content (AvgIpc) is 2.74. The molecule has 0 saturated carbocycles. The topological polar surface area (TPSA) is 66.9 Å². The summed E-state index contributed by atoms with van der Waals surface area (Å²) in [5.41, 5.74) is 0. The van der Waals surface area contributed by atoms with E-state index >= 15 is 0 Å². The Labute approximate surface area is 131 Å². The van der Waals surface area contributed by atoms with Gasteiger partial charge in [0, 0.05) is 26.2 Å². The molecule has 1 aliphatic heterocycles. The molecule has 22 heavy (non-hydrogen) atoms. The van der Waals surface area contributed by atoms with Gasteiger partial charge in [-0.2, -0.15) is 0 Å². The molecule has 0 spiro atoms. The van der Waals surface area contributed by atoms with E-state index in [2.05, 4.69) is 0 Å². The first-order valence-electron chi connectivity index (χ1n) is 7.52. The van der Waals surface area contributed by atoms with Crippen LogP contribution in [-0.2, 0) is 10.0 Å². The second kappa shape index (κ2) is 7.60. The van der Waals surface area contributed by atoms with Crippen molar-refractivity contribution in [2.45, 2.75) is 19.8 Å². The van der Waals surface area contributed by atoms with Crippen LogP contribution < -0.4 is 4.74 Å². The number of carbonyl (C=O) groups is 1. The standard InChI is InChI=1S/C15H22N2O4S/c1-2-13-22(19,20)17-10-6-9-16(11-12-17)15(18)21-14-7-4-3-5-8-14/h3-5,7-8H,2,6,9-13H2,1H3. The highest BCUT2D eigenvalue weighted by atomic mass is 32.2. The smallest absolute Gasteiger partial charge is 0.410 e. The Balaban J connectivity index is 1.94. The maximum atomic E-state index is 12.1. The first-order chi connectivity index (χ1) is 10.5. The van der Waals surface area contributed by atoms with Crippen LogP contribution in [0.2, 0.25) is 0 Å². The summed E-state index contributed by atoms with van der Waals surface area (Å²) in [5, 5.41) is 0. The van der Waals surface area contributed by atoms with Gasteiger partial charge in [-0.3, -0.25) is 0 Å². The summed E-state index contributed by atoms with van der Waals surface area (Å²) in [6.07, 6.45) is 0.784. The number of carbonyl (C=O) groups excluding carboxylic acids is 1. The number of nitrogens with zero attached hydrogens (tertiary/aromatic N) is 2. The number of ether oxygens (including phenoxy) is 1. The lowest BCUT2D eigenvalue weighted by Gasteiger charge is -2.21. The van der Waals surface area contributed by atoms with E-state index in [0.29, 0.717) is 44.8 Å². The van der Waals surface area contributed by atoms with Crippen LogP contribution in [0.25, 0.3) is 0 Å². The van der Waals surface area contributed by atoms with Crippen LogP contribution in [-0.4, -0.2) is 55.6 Å². The van der Waals surface area contributed by atoms with E-state index in [1.807, 2.05) is 13.0 Å². The highest BCUT2D eigenvalue weighted by Crippen LogP contribution is 2.13. The highest BCUT2D eigenvalue weighted by molar-refractivity contribution is 7.89. The molecule has 7 heteroatoms. The second-order valence-electron chi connectivity index (χ2n) is 5.24. The Morgan fingerprint density at radius 2 is 1.86 bits per heavy atom. The Morgan fingerprint density at radius 1 is 1.14 bits per heavy atom. The van der Waals surface area contributed by atoms with Gasteiger partial charge in [-0.1, -0.05) is 25.1 Å². The van der Waals surface area contributed by atoms with Gasteiger partial charge in [0.2, 0.25) is 10.0 Å². The predicted octanol–water partition coefficient (Wildman–Crippen LogP) is 1.93. The third kappa shape index (κ3) is 4.45. The molecule has 1 aromatic rings. The Kier molecular flexibility index (Phi) is 5.79. The summed E-state index contributed by atoms with van der Waals surface area (Å²) in [6, 6.07) is 8.87. The van der Waals surface area contributed by atoms with Gasteiger partial charge in [0.25, 0.3) is 0 Å². The van der Waals surface area contributed by atoms with Crippen LogP contribution in [0.1, 0.15) is 19.8 Å². The van der Waals surface area contributed by atoms with Crippen molar-refractivity contribution in [1.29, 1.82) is 0 Å². The minimum absolute atomic E-state index is 0.154. The van der Waals surface area contributed by atoms with Gasteiger partial charge in [0.05, 0.1) is 5.75 Å². The van der Waals surface area contributed by atoms with Crippen molar-refractivity contribution in [3.8, 4) is 5.75 Å². The van der Waals surface area contributed by atoms with Gasteiger partial charge in [-0.25, -0.2) is 17.5 Å². The van der Waals surface area contributed by atoms with Gasteiger partial charge in [0.15, 0.2) is 0 Å². The number of benzene rings is 1. The number of amides is 1. The molecule has 1 heterocycles. The van der Waals surface area contributed by atoms with Crippen LogP contribution in [0.5, 0.6) is 5.75 Å². The molecule has 0 aliphatic carbocycles. The van der Waals surface area contributed by atoms with Gasteiger partial charge >= 0.3 is 6.09 Å². The molecule has 122 valence electrons. The molecule has 0 N–H and O–H groups in total. The fourth-order valence-corrected chi connectivity index (χ4v) is 3.94. The molecule has 1 fully saturated rings. The van der Waals surface area contributed by atoms with E-state index < -0.39 is 16.1 Å². The SMILES string of the molecule is CCCS(=O)(=O)N1CCCN(C(=O)Oc2ccccc2)CC1. The normalized spacial score (nSPS) is 17.0. The zero-order chi connectivity index (χ0) is 16.0. The Hall–Kier alpha value is -1.60. The van der Waals surface area contributed by atoms with Gasteiger partial charge in [-0.15, -0.1) is 0 Å². The number of hydrogen-bond donors (Lipinski definition) is 0. The number of rotatable bonds is 4. The molecule has 0 radical (unpaired) electrons. The summed E-state index contributed by atoms with van der Waals surface area (Å²) >= 11 is 0. The molecule has 0 atom stereocenters. The maximum Gasteiger partial charge on any atom is 0.415 e. The average molecular weight is 326 g/mol. The summed E-state index contributed by atoms with van der Waals surface area (Å²) in [5.74, 6) is 0.647. The first-order valence-corrected chi connectivity index (χ1v) is 9.13. The number of para-hydroxylation sites is 1. The fourth-order valence-electron chi connectivity index (χ4n) is 2.40. The van der Waals surface area contributed by atoms with Crippen LogP contribution in [0.15, 0.2) is 30.3 Å². The minimum atomic E-state index is -3.21. The van der Waals surface area contributed by atoms with E-state index in [0.717, 1.165) is 0 Å². The molecule has 1 aromatic carbocycles. The fraction of sp³-hybridized carbons (Fsp3) is 0.533. The van der Waals surface area contributed by atoms with Crippen molar-refractivity contribution in [2.24, 2.45) is 0 Å². The maximum absolute atomic E-state index is 12.1. The van der Waals surface area contributed by atoms with Crippen LogP contribution >= 0.6 is 0 Å². The van der Waals surface area contributed by atoms with Crippen molar-refractivity contribution in [3.05, 3.63) is 30.3 Å². The van der Waals surface area contributed by atoms with Crippen molar-refractivity contribution < 1.29 is 17.9 Å². The van der Waals surface area contributed by atoms with Crippen LogP contribution in [0, 0.1) is 0 Å². The summed E-state index contributed by atoms with van der Waals surface area (Å²) in [4.78, 5) is 13.7. The summed E-state index contributed by atoms with van der Waals surface area (Å²) < 4.78 is 31.0. The Morgan fingerprint density at radius 3 is 2.55 bits per heavy atom. The summed E-state index contributed by atoms with van der Waals surface area (Å²) in [6.45, 7) is 3.49. The van der Waals surface area contributed by atoms with Gasteiger partial charge in [0.1, 0.15) is 5.75 Å². The third-order valence-electron chi connectivity index (χ3n) is 3.52. The minimum Gasteiger partial charge on any atom is -0.410 e. The van der Waals surface area contributed by atoms with Gasteiger partial charge < -0.3 is 9.64 Å². The molecular weight excluding hydrogens is 304 g/mol. The molecule has 1 amide bonds. The predicted molar refractivity (Wildman–Crippen MR) is 84.3 cm³/mol. The number of sulfonamides is 1.